The Hall–Kier alpha value is -0.0662. The Labute approximate surface area is 282 Å². The van der Waals surface area contributed by atoms with Gasteiger partial charge in [0.1, 0.15) is 11.5 Å². The summed E-state index contributed by atoms with van der Waals surface area (Å²) in [6.07, 6.45) is 17.4. The van der Waals surface area contributed by atoms with E-state index in [0.29, 0.717) is 13.2 Å². The van der Waals surface area contributed by atoms with Gasteiger partial charge >= 0.3 is 0 Å². The second kappa shape index (κ2) is 20.1. The summed E-state index contributed by atoms with van der Waals surface area (Å²) in [5.74, 6) is 2.02. The van der Waals surface area contributed by atoms with E-state index in [1.165, 1.54) is 96.3 Å². The number of unbranched alkanes of at least 4 members (excludes halogenated alkanes) is 10. The molecule has 0 atom stereocenters. The summed E-state index contributed by atoms with van der Waals surface area (Å²) in [4.78, 5) is 0. The van der Waals surface area contributed by atoms with E-state index in [-0.39, 0.29) is 0 Å². The monoisotopic (exact) mass is 820 g/mol. The van der Waals surface area contributed by atoms with Crippen molar-refractivity contribution in [2.24, 2.45) is 0 Å². The van der Waals surface area contributed by atoms with Crippen LogP contribution >= 0.6 is 45.2 Å². The highest BCUT2D eigenvalue weighted by Gasteiger charge is 2.24. The number of benzene rings is 2. The number of hydrogen-bond acceptors (Lipinski definition) is 2. The van der Waals surface area contributed by atoms with Gasteiger partial charge in [0.05, 0.1) is 36.5 Å². The van der Waals surface area contributed by atoms with E-state index in [1.54, 1.807) is 10.4 Å². The van der Waals surface area contributed by atoms with Crippen LogP contribution in [0.4, 0.5) is 0 Å². The quantitative estimate of drug-likeness (QED) is 0.0669. The SMILES string of the molecule is CCCCCCCC[Si](C)(C)c1ccc(OCCCOc2ccc([Si](C)(C)CCCCCCCC)cc2I)c(I)c1. The Morgan fingerprint density at radius 2 is 0.878 bits per heavy atom. The van der Waals surface area contributed by atoms with Crippen LogP contribution < -0.4 is 19.8 Å². The van der Waals surface area contributed by atoms with E-state index in [0.717, 1.165) is 17.9 Å². The molecule has 2 aromatic carbocycles. The lowest BCUT2D eigenvalue weighted by Crippen LogP contribution is -2.41. The molecule has 0 aliphatic heterocycles. The maximum absolute atomic E-state index is 6.17. The van der Waals surface area contributed by atoms with Gasteiger partial charge in [0.25, 0.3) is 0 Å². The summed E-state index contributed by atoms with van der Waals surface area (Å²) < 4.78 is 14.8. The first-order valence-corrected chi connectivity index (χ1v) is 25.0. The van der Waals surface area contributed by atoms with Gasteiger partial charge in [-0.15, -0.1) is 0 Å². The van der Waals surface area contributed by atoms with Crippen LogP contribution in [0.5, 0.6) is 11.5 Å². The molecule has 0 heterocycles. The van der Waals surface area contributed by atoms with Crippen LogP contribution in [0.1, 0.15) is 97.3 Å². The van der Waals surface area contributed by atoms with Crippen molar-refractivity contribution in [1.29, 1.82) is 0 Å². The van der Waals surface area contributed by atoms with Crippen molar-refractivity contribution < 1.29 is 9.47 Å². The highest BCUT2D eigenvalue weighted by molar-refractivity contribution is 14.1. The number of ether oxygens (including phenoxy) is 2. The highest BCUT2D eigenvalue weighted by atomic mass is 127. The maximum Gasteiger partial charge on any atom is 0.132 e. The fraction of sp³-hybridized carbons (Fsp3) is 0.657. The minimum atomic E-state index is -1.40. The molecule has 6 heteroatoms. The fourth-order valence-corrected chi connectivity index (χ4v) is 12.4. The maximum atomic E-state index is 6.17. The molecule has 41 heavy (non-hydrogen) atoms. The van der Waals surface area contributed by atoms with Gasteiger partial charge in [0, 0.05) is 6.42 Å². The molecule has 0 aliphatic rings. The second-order valence-corrected chi connectivity index (χ2v) is 25.2. The van der Waals surface area contributed by atoms with Gasteiger partial charge < -0.3 is 9.47 Å². The van der Waals surface area contributed by atoms with Crippen molar-refractivity contribution in [3.05, 3.63) is 43.5 Å². The second-order valence-electron chi connectivity index (χ2n) is 13.1. The van der Waals surface area contributed by atoms with Gasteiger partial charge in [-0.3, -0.25) is 0 Å². The van der Waals surface area contributed by atoms with Crippen LogP contribution in [-0.4, -0.2) is 29.4 Å². The van der Waals surface area contributed by atoms with Gasteiger partial charge in [-0.2, -0.15) is 0 Å². The van der Waals surface area contributed by atoms with Crippen molar-refractivity contribution in [2.75, 3.05) is 13.2 Å². The van der Waals surface area contributed by atoms with Gasteiger partial charge in [0.2, 0.25) is 0 Å². The third kappa shape index (κ3) is 14.1. The van der Waals surface area contributed by atoms with Crippen molar-refractivity contribution >= 4 is 71.7 Å². The topological polar surface area (TPSA) is 18.5 Å². The minimum absolute atomic E-state index is 0.681. The molecule has 2 nitrogen and oxygen atoms in total. The van der Waals surface area contributed by atoms with Crippen molar-refractivity contribution in [3.8, 4) is 11.5 Å². The molecule has 2 aromatic rings. The lowest BCUT2D eigenvalue weighted by molar-refractivity contribution is 0.245. The summed E-state index contributed by atoms with van der Waals surface area (Å²) in [5, 5.41) is 3.12. The van der Waals surface area contributed by atoms with Crippen molar-refractivity contribution in [1.82, 2.24) is 0 Å². The largest absolute Gasteiger partial charge is 0.492 e. The van der Waals surface area contributed by atoms with E-state index in [1.807, 2.05) is 0 Å². The Bertz CT molecular complexity index is 930. The van der Waals surface area contributed by atoms with Crippen molar-refractivity contribution in [3.63, 3.8) is 0 Å². The van der Waals surface area contributed by atoms with Gasteiger partial charge in [-0.1, -0.05) is 152 Å². The summed E-state index contributed by atoms with van der Waals surface area (Å²) in [7, 11) is -2.79. The first kappa shape index (κ1) is 37.1. The normalized spacial score (nSPS) is 12.1. The molecule has 0 spiro atoms. The highest BCUT2D eigenvalue weighted by Crippen LogP contribution is 2.25. The third-order valence-electron chi connectivity index (χ3n) is 8.54. The van der Waals surface area contributed by atoms with Crippen LogP contribution in [0.2, 0.25) is 38.3 Å². The molecule has 0 radical (unpaired) electrons. The minimum Gasteiger partial charge on any atom is -0.492 e. The van der Waals surface area contributed by atoms with E-state index >= 15 is 0 Å². The molecule has 232 valence electrons. The zero-order valence-electron chi connectivity index (χ0n) is 27.1. The number of rotatable bonds is 22. The fourth-order valence-electron chi connectivity index (χ4n) is 5.48. The molecular formula is C35H58I2O2Si2. The predicted octanol–water partition coefficient (Wildman–Crippen LogP) is 11.3. The molecule has 0 N–H and O–H groups in total. The Morgan fingerprint density at radius 3 is 1.24 bits per heavy atom. The Balaban J connectivity index is 1.75. The third-order valence-corrected chi connectivity index (χ3v) is 17.2. The summed E-state index contributed by atoms with van der Waals surface area (Å²) in [6, 6.07) is 16.6. The van der Waals surface area contributed by atoms with E-state index in [9.17, 15) is 0 Å². The van der Waals surface area contributed by atoms with Crippen LogP contribution in [0, 0.1) is 7.14 Å². The number of hydrogen-bond donors (Lipinski definition) is 0. The van der Waals surface area contributed by atoms with Crippen LogP contribution in [-0.2, 0) is 0 Å². The van der Waals surface area contributed by atoms with Crippen LogP contribution in [0.25, 0.3) is 0 Å². The van der Waals surface area contributed by atoms with Crippen LogP contribution in [0.15, 0.2) is 36.4 Å². The molecule has 0 fully saturated rings. The van der Waals surface area contributed by atoms with E-state index in [2.05, 4.69) is 122 Å². The smallest absolute Gasteiger partial charge is 0.132 e. The standard InChI is InChI=1S/C35H58I2O2Si2/c1-7-9-11-13-15-17-26-40(3,4)30-20-22-34(32(36)28-30)38-24-19-25-39-35-23-21-31(29-33(35)37)41(5,6)27-18-16-14-12-10-8-2/h20-23,28-29H,7-19,24-27H2,1-6H3. The molecule has 0 amide bonds. The Kier molecular flexibility index (Phi) is 18.2. The average molecular weight is 821 g/mol. The van der Waals surface area contributed by atoms with E-state index in [4.69, 9.17) is 9.47 Å². The zero-order valence-corrected chi connectivity index (χ0v) is 33.4. The molecule has 2 rings (SSSR count). The molecule has 0 aliphatic carbocycles. The summed E-state index contributed by atoms with van der Waals surface area (Å²) >= 11 is 4.91. The molecule has 0 unspecified atom stereocenters. The first-order valence-electron chi connectivity index (χ1n) is 16.5. The first-order chi connectivity index (χ1) is 19.6. The summed E-state index contributed by atoms with van der Waals surface area (Å²) in [5.41, 5.74) is 0. The van der Waals surface area contributed by atoms with Crippen LogP contribution in [0.3, 0.4) is 0 Å². The molecule has 0 bridgehead atoms. The molecule has 0 saturated heterocycles. The molecular weight excluding hydrogens is 762 g/mol. The summed E-state index contributed by atoms with van der Waals surface area (Å²) in [6.45, 7) is 16.0. The zero-order chi connectivity index (χ0) is 30.1. The van der Waals surface area contributed by atoms with Crippen molar-refractivity contribution in [2.45, 2.75) is 136 Å². The Morgan fingerprint density at radius 1 is 0.512 bits per heavy atom. The lowest BCUT2D eigenvalue weighted by Gasteiger charge is -2.24. The molecule has 0 aromatic heterocycles. The predicted molar refractivity (Wildman–Crippen MR) is 205 cm³/mol. The lowest BCUT2D eigenvalue weighted by atomic mass is 10.1. The molecule has 0 saturated carbocycles. The number of halogens is 2. The van der Waals surface area contributed by atoms with Gasteiger partial charge in [-0.05, 0) is 69.4 Å². The average Bonchev–Trinajstić information content (AvgIpc) is 2.93. The van der Waals surface area contributed by atoms with E-state index < -0.39 is 16.1 Å². The van der Waals surface area contributed by atoms with Gasteiger partial charge in [-0.25, -0.2) is 0 Å². The van der Waals surface area contributed by atoms with Gasteiger partial charge in [0.15, 0.2) is 0 Å².